The summed E-state index contributed by atoms with van der Waals surface area (Å²) in [5.74, 6) is 0.699. The van der Waals surface area contributed by atoms with Gasteiger partial charge in [0.25, 0.3) is 5.91 Å². The lowest BCUT2D eigenvalue weighted by atomic mass is 10.1. The number of aromatic nitrogens is 2. The molecule has 1 amide bonds. The lowest BCUT2D eigenvalue weighted by molar-refractivity contribution is 0.0792. The molecule has 38 heavy (non-hydrogen) atoms. The van der Waals surface area contributed by atoms with Gasteiger partial charge in [-0.2, -0.15) is 0 Å². The van der Waals surface area contributed by atoms with Crippen molar-refractivity contribution in [3.05, 3.63) is 78.1 Å². The predicted molar refractivity (Wildman–Crippen MR) is 147 cm³/mol. The predicted octanol–water partition coefficient (Wildman–Crippen LogP) is 4.86. The van der Waals surface area contributed by atoms with Crippen LogP contribution in [0.5, 0.6) is 5.75 Å². The Hall–Kier alpha value is -3.95. The van der Waals surface area contributed by atoms with Crippen LogP contribution in [0.1, 0.15) is 28.8 Å². The van der Waals surface area contributed by atoms with Gasteiger partial charge in [0, 0.05) is 74.5 Å². The van der Waals surface area contributed by atoms with Crippen molar-refractivity contribution in [2.24, 2.45) is 7.05 Å². The molecule has 2 N–H and O–H groups in total. The van der Waals surface area contributed by atoms with Gasteiger partial charge >= 0.3 is 0 Å². The zero-order chi connectivity index (χ0) is 26.6. The molecule has 1 fully saturated rings. The van der Waals surface area contributed by atoms with Crippen molar-refractivity contribution in [2.75, 3.05) is 37.2 Å². The first kappa shape index (κ1) is 25.7. The highest BCUT2D eigenvalue weighted by Gasteiger charge is 2.17. The summed E-state index contributed by atoms with van der Waals surface area (Å²) >= 11 is 0. The Kier molecular flexibility index (Phi) is 7.57. The average molecular weight is 518 g/mol. The number of piperidine rings is 1. The second-order valence-corrected chi connectivity index (χ2v) is 9.68. The fourth-order valence-electron chi connectivity index (χ4n) is 4.86. The Morgan fingerprint density at radius 2 is 1.87 bits per heavy atom. The van der Waals surface area contributed by atoms with Gasteiger partial charge in [0.2, 0.25) is 6.86 Å². The van der Waals surface area contributed by atoms with E-state index in [-0.39, 0.29) is 12.0 Å². The standard InChI is InChI=1S/C29H32FN5O3/c1-33-18-27(38-19-30)25-15-22(7-8-26(25)33)34(2)23-9-12-31-28(16-23)32-29(37)21-5-3-20(4-6-21)17-35-13-10-24(36)11-14-35/h3-9,12,15-16,18,24,36H,10-11,13-14,17,19H2,1-2H3,(H,31,32,37). The molecule has 0 saturated carbocycles. The summed E-state index contributed by atoms with van der Waals surface area (Å²) in [7, 11) is 3.81. The van der Waals surface area contributed by atoms with Crippen molar-refractivity contribution in [3.8, 4) is 5.75 Å². The van der Waals surface area contributed by atoms with Crippen LogP contribution in [-0.4, -0.2) is 58.6 Å². The number of amides is 1. The Morgan fingerprint density at radius 1 is 1.13 bits per heavy atom. The number of aryl methyl sites for hydroxylation is 1. The quantitative estimate of drug-likeness (QED) is 0.348. The highest BCUT2D eigenvalue weighted by molar-refractivity contribution is 6.04. The first-order valence-corrected chi connectivity index (χ1v) is 12.7. The van der Waals surface area contributed by atoms with E-state index in [1.807, 2.05) is 78.2 Å². The average Bonchev–Trinajstić information content (AvgIpc) is 3.24. The summed E-state index contributed by atoms with van der Waals surface area (Å²) in [6.45, 7) is 1.68. The fourth-order valence-corrected chi connectivity index (χ4v) is 4.86. The number of ether oxygens (including phenoxy) is 1. The zero-order valence-electron chi connectivity index (χ0n) is 21.6. The summed E-state index contributed by atoms with van der Waals surface area (Å²) in [5.41, 5.74) is 4.35. The third kappa shape index (κ3) is 5.64. The van der Waals surface area contributed by atoms with Gasteiger partial charge < -0.3 is 24.6 Å². The molecule has 0 unspecified atom stereocenters. The normalized spacial score (nSPS) is 14.5. The summed E-state index contributed by atoms with van der Waals surface area (Å²) in [5, 5.41) is 13.4. The van der Waals surface area contributed by atoms with Crippen molar-refractivity contribution < 1.29 is 19.0 Å². The van der Waals surface area contributed by atoms with Gasteiger partial charge in [0.15, 0.2) is 0 Å². The molecule has 8 nitrogen and oxygen atoms in total. The van der Waals surface area contributed by atoms with Gasteiger partial charge in [-0.05, 0) is 54.8 Å². The smallest absolute Gasteiger partial charge is 0.256 e. The molecule has 0 radical (unpaired) electrons. The minimum Gasteiger partial charge on any atom is -0.461 e. The summed E-state index contributed by atoms with van der Waals surface area (Å²) < 4.78 is 19.9. The van der Waals surface area contributed by atoms with E-state index < -0.39 is 6.86 Å². The second-order valence-electron chi connectivity index (χ2n) is 9.68. The van der Waals surface area contributed by atoms with Crippen molar-refractivity contribution in [2.45, 2.75) is 25.5 Å². The van der Waals surface area contributed by atoms with E-state index in [0.717, 1.165) is 60.3 Å². The number of likely N-dealkylation sites (tertiary alicyclic amines) is 1. The number of nitrogens with zero attached hydrogens (tertiary/aromatic N) is 4. The number of nitrogens with one attached hydrogen (secondary N) is 1. The molecule has 1 aliphatic heterocycles. The molecule has 5 rings (SSSR count). The number of halogens is 1. The van der Waals surface area contributed by atoms with E-state index >= 15 is 0 Å². The molecule has 3 heterocycles. The molecular weight excluding hydrogens is 485 g/mol. The molecule has 0 bridgehead atoms. The van der Waals surface area contributed by atoms with Crippen LogP contribution >= 0.6 is 0 Å². The van der Waals surface area contributed by atoms with Crippen LogP contribution in [0.3, 0.4) is 0 Å². The molecular formula is C29H32FN5O3. The number of rotatable bonds is 8. The lowest BCUT2D eigenvalue weighted by Crippen LogP contribution is -2.35. The third-order valence-electron chi connectivity index (χ3n) is 7.09. The van der Waals surface area contributed by atoms with E-state index in [9.17, 15) is 14.3 Å². The van der Waals surface area contributed by atoms with Crippen LogP contribution in [0.4, 0.5) is 21.6 Å². The molecule has 2 aromatic heterocycles. The second kappa shape index (κ2) is 11.2. The van der Waals surface area contributed by atoms with Gasteiger partial charge in [0.05, 0.1) is 11.6 Å². The van der Waals surface area contributed by atoms with Gasteiger partial charge in [-0.15, -0.1) is 0 Å². The van der Waals surface area contributed by atoms with Gasteiger partial charge in [-0.3, -0.25) is 9.69 Å². The van der Waals surface area contributed by atoms with E-state index in [4.69, 9.17) is 4.74 Å². The monoisotopic (exact) mass is 517 g/mol. The number of anilines is 3. The number of aliphatic hydroxyl groups excluding tert-OH is 1. The summed E-state index contributed by atoms with van der Waals surface area (Å²) in [4.78, 5) is 21.5. The molecule has 1 saturated heterocycles. The number of aliphatic hydroxyl groups is 1. The molecule has 2 aromatic carbocycles. The third-order valence-corrected chi connectivity index (χ3v) is 7.09. The highest BCUT2D eigenvalue weighted by Crippen LogP contribution is 2.33. The lowest BCUT2D eigenvalue weighted by Gasteiger charge is -2.29. The van der Waals surface area contributed by atoms with Gasteiger partial charge in [-0.25, -0.2) is 9.37 Å². The highest BCUT2D eigenvalue weighted by atomic mass is 19.1. The Morgan fingerprint density at radius 3 is 2.61 bits per heavy atom. The van der Waals surface area contributed by atoms with Crippen LogP contribution in [0.25, 0.3) is 10.9 Å². The molecule has 4 aromatic rings. The molecule has 198 valence electrons. The van der Waals surface area contributed by atoms with Crippen LogP contribution in [-0.2, 0) is 13.6 Å². The first-order chi connectivity index (χ1) is 18.4. The van der Waals surface area contributed by atoms with Gasteiger partial charge in [0.1, 0.15) is 11.6 Å². The van der Waals surface area contributed by atoms with Crippen molar-refractivity contribution >= 4 is 34.0 Å². The van der Waals surface area contributed by atoms with Crippen LogP contribution < -0.4 is 15.0 Å². The molecule has 0 spiro atoms. The minimum absolute atomic E-state index is 0.188. The zero-order valence-corrected chi connectivity index (χ0v) is 21.6. The SMILES string of the molecule is CN(c1ccnc(NC(=O)c2ccc(CN3CCC(O)CC3)cc2)c1)c1ccc2c(c1)c(OCF)cn2C. The number of carbonyl (C=O) groups excluding carboxylic acids is 1. The number of carbonyl (C=O) groups is 1. The first-order valence-electron chi connectivity index (χ1n) is 12.7. The van der Waals surface area contributed by atoms with Crippen molar-refractivity contribution in [1.29, 1.82) is 0 Å². The van der Waals surface area contributed by atoms with Crippen molar-refractivity contribution in [1.82, 2.24) is 14.5 Å². The number of pyridine rings is 1. The van der Waals surface area contributed by atoms with E-state index in [0.29, 0.717) is 17.1 Å². The largest absolute Gasteiger partial charge is 0.461 e. The Balaban J connectivity index is 1.26. The molecule has 0 atom stereocenters. The number of alkyl halides is 1. The number of hydrogen-bond donors (Lipinski definition) is 2. The van der Waals surface area contributed by atoms with Crippen molar-refractivity contribution in [3.63, 3.8) is 0 Å². The van der Waals surface area contributed by atoms with Gasteiger partial charge in [-0.1, -0.05) is 12.1 Å². The summed E-state index contributed by atoms with van der Waals surface area (Å²) in [6, 6.07) is 17.2. The number of hydrogen-bond acceptors (Lipinski definition) is 6. The topological polar surface area (TPSA) is 82.9 Å². The van der Waals surface area contributed by atoms with Crippen LogP contribution in [0.15, 0.2) is 67.0 Å². The van der Waals surface area contributed by atoms with E-state index in [1.165, 1.54) is 0 Å². The number of fused-ring (bicyclic) bond motifs is 1. The maximum atomic E-state index is 12.9. The molecule has 0 aliphatic carbocycles. The van der Waals surface area contributed by atoms with Crippen LogP contribution in [0.2, 0.25) is 0 Å². The fraction of sp³-hybridized carbons (Fsp3) is 0.310. The molecule has 9 heteroatoms. The Bertz CT molecular complexity index is 1410. The molecule has 1 aliphatic rings. The van der Waals surface area contributed by atoms with E-state index in [1.54, 1.807) is 12.4 Å². The summed E-state index contributed by atoms with van der Waals surface area (Å²) in [6.07, 6.45) is 4.83. The Labute approximate surface area is 221 Å². The van der Waals surface area contributed by atoms with E-state index in [2.05, 4.69) is 15.2 Å². The maximum Gasteiger partial charge on any atom is 0.256 e. The minimum atomic E-state index is -0.890. The maximum absolute atomic E-state index is 12.9. The number of benzene rings is 2. The van der Waals surface area contributed by atoms with Crippen LogP contribution in [0, 0.1) is 0 Å².